The summed E-state index contributed by atoms with van der Waals surface area (Å²) in [5, 5.41) is 7.21. The standard InChI is InChI=1S/C19H22ClF2N5O/c1-23-19(25-11-13-4-2-5-15(10-13)28-18(21)22)26-14-7-9-27(12-14)17-16(20)6-3-8-24-17/h2-6,8,10,14,18H,7,9,11-12H2,1H3,(H2,23,25,26). The largest absolute Gasteiger partial charge is 0.435 e. The number of ether oxygens (including phenoxy) is 1. The van der Waals surface area contributed by atoms with E-state index in [4.69, 9.17) is 11.6 Å². The van der Waals surface area contributed by atoms with Crippen molar-refractivity contribution in [2.24, 2.45) is 4.99 Å². The zero-order chi connectivity index (χ0) is 19.9. The summed E-state index contributed by atoms with van der Waals surface area (Å²) in [6.45, 7) is -0.800. The van der Waals surface area contributed by atoms with Crippen molar-refractivity contribution in [3.63, 3.8) is 0 Å². The molecular formula is C19H22ClF2N5O. The fraction of sp³-hybridized carbons (Fsp3) is 0.368. The monoisotopic (exact) mass is 409 g/mol. The lowest BCUT2D eigenvalue weighted by Gasteiger charge is -2.20. The van der Waals surface area contributed by atoms with Gasteiger partial charge < -0.3 is 20.3 Å². The molecule has 28 heavy (non-hydrogen) atoms. The minimum Gasteiger partial charge on any atom is -0.435 e. The number of alkyl halides is 2. The van der Waals surface area contributed by atoms with Gasteiger partial charge in [0.25, 0.3) is 0 Å². The predicted molar refractivity (Wildman–Crippen MR) is 106 cm³/mol. The van der Waals surface area contributed by atoms with Crippen molar-refractivity contribution >= 4 is 23.4 Å². The fourth-order valence-corrected chi connectivity index (χ4v) is 3.33. The maximum atomic E-state index is 12.3. The number of aromatic nitrogens is 1. The summed E-state index contributed by atoms with van der Waals surface area (Å²) in [4.78, 5) is 10.7. The summed E-state index contributed by atoms with van der Waals surface area (Å²) in [7, 11) is 1.69. The van der Waals surface area contributed by atoms with E-state index in [0.717, 1.165) is 30.9 Å². The molecule has 3 rings (SSSR count). The Balaban J connectivity index is 1.52. The average molecular weight is 410 g/mol. The Labute approximate surface area is 167 Å². The summed E-state index contributed by atoms with van der Waals surface area (Å²) in [5.41, 5.74) is 0.814. The molecule has 9 heteroatoms. The van der Waals surface area contributed by atoms with Crippen molar-refractivity contribution in [1.29, 1.82) is 0 Å². The average Bonchev–Trinajstić information content (AvgIpc) is 3.13. The highest BCUT2D eigenvalue weighted by Gasteiger charge is 2.25. The van der Waals surface area contributed by atoms with Gasteiger partial charge in [-0.3, -0.25) is 4.99 Å². The van der Waals surface area contributed by atoms with Crippen molar-refractivity contribution in [3.8, 4) is 5.75 Å². The number of nitrogens with zero attached hydrogens (tertiary/aromatic N) is 3. The molecule has 0 spiro atoms. The maximum absolute atomic E-state index is 12.3. The zero-order valence-corrected chi connectivity index (χ0v) is 16.2. The molecule has 1 atom stereocenters. The molecule has 0 amide bonds. The van der Waals surface area contributed by atoms with E-state index in [1.807, 2.05) is 18.2 Å². The molecule has 2 heterocycles. The first-order valence-corrected chi connectivity index (χ1v) is 9.29. The second-order valence-corrected chi connectivity index (χ2v) is 6.74. The number of benzene rings is 1. The summed E-state index contributed by atoms with van der Waals surface area (Å²) < 4.78 is 29.1. The lowest BCUT2D eigenvalue weighted by atomic mass is 10.2. The predicted octanol–water partition coefficient (Wildman–Crippen LogP) is 3.28. The first-order valence-electron chi connectivity index (χ1n) is 8.91. The van der Waals surface area contributed by atoms with E-state index in [0.29, 0.717) is 17.5 Å². The molecule has 0 radical (unpaired) electrons. The molecule has 1 aliphatic heterocycles. The highest BCUT2D eigenvalue weighted by Crippen LogP contribution is 2.25. The number of hydrogen-bond donors (Lipinski definition) is 2. The van der Waals surface area contributed by atoms with Gasteiger partial charge in [-0.15, -0.1) is 0 Å². The van der Waals surface area contributed by atoms with Gasteiger partial charge in [-0.1, -0.05) is 23.7 Å². The molecule has 1 fully saturated rings. The number of halogens is 3. The second-order valence-electron chi connectivity index (χ2n) is 6.34. The van der Waals surface area contributed by atoms with Gasteiger partial charge in [0.15, 0.2) is 5.96 Å². The Hall–Kier alpha value is -2.61. The van der Waals surface area contributed by atoms with Gasteiger partial charge in [0.1, 0.15) is 11.6 Å². The van der Waals surface area contributed by atoms with Crippen LogP contribution in [0.1, 0.15) is 12.0 Å². The number of aliphatic imine (C=N–C) groups is 1. The molecule has 0 bridgehead atoms. The molecule has 1 aromatic heterocycles. The smallest absolute Gasteiger partial charge is 0.387 e. The number of hydrogen-bond acceptors (Lipinski definition) is 4. The molecule has 0 aliphatic carbocycles. The number of guanidine groups is 1. The van der Waals surface area contributed by atoms with Crippen LogP contribution in [0, 0.1) is 0 Å². The van der Waals surface area contributed by atoms with Crippen LogP contribution in [0.5, 0.6) is 5.75 Å². The van der Waals surface area contributed by atoms with Crippen LogP contribution in [0.25, 0.3) is 0 Å². The van der Waals surface area contributed by atoms with Gasteiger partial charge in [0, 0.05) is 38.9 Å². The molecule has 1 aromatic carbocycles. The maximum Gasteiger partial charge on any atom is 0.387 e. The third-order valence-corrected chi connectivity index (χ3v) is 4.67. The van der Waals surface area contributed by atoms with Gasteiger partial charge >= 0.3 is 6.61 Å². The minimum absolute atomic E-state index is 0.135. The minimum atomic E-state index is -2.84. The third-order valence-electron chi connectivity index (χ3n) is 4.37. The van der Waals surface area contributed by atoms with Crippen molar-refractivity contribution in [2.45, 2.75) is 25.6 Å². The van der Waals surface area contributed by atoms with E-state index in [9.17, 15) is 8.78 Å². The van der Waals surface area contributed by atoms with E-state index >= 15 is 0 Å². The molecule has 2 N–H and O–H groups in total. The SMILES string of the molecule is CN=C(NCc1cccc(OC(F)F)c1)NC1CCN(c2ncccc2Cl)C1. The van der Waals surface area contributed by atoms with Gasteiger partial charge in [0.05, 0.1) is 5.02 Å². The van der Waals surface area contributed by atoms with Crippen molar-refractivity contribution < 1.29 is 13.5 Å². The highest BCUT2D eigenvalue weighted by molar-refractivity contribution is 6.32. The van der Waals surface area contributed by atoms with Crippen LogP contribution < -0.4 is 20.3 Å². The topological polar surface area (TPSA) is 61.8 Å². The molecule has 2 aromatic rings. The Bertz CT molecular complexity index is 820. The van der Waals surface area contributed by atoms with Crippen LogP contribution >= 0.6 is 11.6 Å². The third kappa shape index (κ3) is 5.45. The lowest BCUT2D eigenvalue weighted by Crippen LogP contribution is -2.44. The summed E-state index contributed by atoms with van der Waals surface area (Å²) in [6, 6.07) is 10.4. The Morgan fingerprint density at radius 3 is 3.00 bits per heavy atom. The molecule has 6 nitrogen and oxygen atoms in total. The molecule has 0 saturated carbocycles. The van der Waals surface area contributed by atoms with Crippen LogP contribution in [0.3, 0.4) is 0 Å². The van der Waals surface area contributed by atoms with Gasteiger partial charge in [-0.05, 0) is 36.2 Å². The van der Waals surface area contributed by atoms with Crippen LogP contribution in [0.4, 0.5) is 14.6 Å². The van der Waals surface area contributed by atoms with Crippen molar-refractivity contribution in [1.82, 2.24) is 15.6 Å². The van der Waals surface area contributed by atoms with Crippen LogP contribution in [0.2, 0.25) is 5.02 Å². The summed E-state index contributed by atoms with van der Waals surface area (Å²) >= 11 is 6.23. The quantitative estimate of drug-likeness (QED) is 0.566. The fourth-order valence-electron chi connectivity index (χ4n) is 3.09. The molecular weight excluding hydrogens is 388 g/mol. The first kappa shape index (κ1) is 20.1. The van der Waals surface area contributed by atoms with Crippen LogP contribution in [0.15, 0.2) is 47.6 Å². The van der Waals surface area contributed by atoms with E-state index < -0.39 is 6.61 Å². The van der Waals surface area contributed by atoms with Crippen LogP contribution in [-0.2, 0) is 6.54 Å². The van der Waals surface area contributed by atoms with Crippen molar-refractivity contribution in [2.75, 3.05) is 25.0 Å². The Morgan fingerprint density at radius 1 is 1.39 bits per heavy atom. The summed E-state index contributed by atoms with van der Waals surface area (Å²) in [5.74, 6) is 1.56. The first-order chi connectivity index (χ1) is 13.5. The number of nitrogens with one attached hydrogen (secondary N) is 2. The van der Waals surface area contributed by atoms with E-state index in [-0.39, 0.29) is 11.8 Å². The number of anilines is 1. The molecule has 1 aliphatic rings. The number of rotatable bonds is 6. The molecule has 1 unspecified atom stereocenters. The van der Waals surface area contributed by atoms with Gasteiger partial charge in [-0.2, -0.15) is 8.78 Å². The molecule has 1 saturated heterocycles. The van der Waals surface area contributed by atoms with Gasteiger partial charge in [0.2, 0.25) is 0 Å². The van der Waals surface area contributed by atoms with Crippen LogP contribution in [-0.4, -0.2) is 43.7 Å². The Morgan fingerprint density at radius 2 is 2.25 bits per heavy atom. The van der Waals surface area contributed by atoms with E-state index in [1.165, 1.54) is 6.07 Å². The number of pyridine rings is 1. The Kier molecular flexibility index (Phi) is 6.86. The summed E-state index contributed by atoms with van der Waals surface area (Å²) in [6.07, 6.45) is 2.65. The zero-order valence-electron chi connectivity index (χ0n) is 15.4. The van der Waals surface area contributed by atoms with E-state index in [1.54, 1.807) is 25.4 Å². The van der Waals surface area contributed by atoms with E-state index in [2.05, 4.69) is 30.2 Å². The van der Waals surface area contributed by atoms with Gasteiger partial charge in [-0.25, -0.2) is 4.98 Å². The highest BCUT2D eigenvalue weighted by atomic mass is 35.5. The van der Waals surface area contributed by atoms with Crippen molar-refractivity contribution in [3.05, 3.63) is 53.2 Å². The second kappa shape index (κ2) is 9.54. The normalized spacial score (nSPS) is 17.1. The lowest BCUT2D eigenvalue weighted by molar-refractivity contribution is -0.0498. The molecule has 150 valence electrons.